The molecule has 29 heavy (non-hydrogen) atoms. The monoisotopic (exact) mass is 391 g/mol. The summed E-state index contributed by atoms with van der Waals surface area (Å²) in [6, 6.07) is 13.5. The summed E-state index contributed by atoms with van der Waals surface area (Å²) in [5.41, 5.74) is 1.03. The van der Waals surface area contributed by atoms with Gasteiger partial charge in [-0.3, -0.25) is 19.3 Å². The smallest absolute Gasteiger partial charge is 0.238 e. The second-order valence-electron chi connectivity index (χ2n) is 7.11. The highest BCUT2D eigenvalue weighted by Crippen LogP contribution is 2.37. The first-order valence-corrected chi connectivity index (χ1v) is 9.51. The van der Waals surface area contributed by atoms with Crippen LogP contribution < -0.4 is 14.4 Å². The van der Waals surface area contributed by atoms with Crippen molar-refractivity contribution in [3.8, 4) is 11.5 Å². The minimum Gasteiger partial charge on any atom is -0.497 e. The molecule has 0 bridgehead atoms. The van der Waals surface area contributed by atoms with Crippen molar-refractivity contribution in [2.45, 2.75) is 12.8 Å². The van der Waals surface area contributed by atoms with Crippen molar-refractivity contribution >= 4 is 23.3 Å². The van der Waals surface area contributed by atoms with Crippen LogP contribution in [0.5, 0.6) is 11.5 Å². The molecule has 2 amide bonds. The number of benzene rings is 2. The summed E-state index contributed by atoms with van der Waals surface area (Å²) in [7, 11) is 1.54. The number of anilines is 1. The Morgan fingerprint density at radius 3 is 2.24 bits per heavy atom. The molecule has 2 atom stereocenters. The minimum absolute atomic E-state index is 0.121. The number of nitrogens with zero attached hydrogens (tertiary/aromatic N) is 1. The molecule has 1 heterocycles. The lowest BCUT2D eigenvalue weighted by Crippen LogP contribution is -2.30. The Morgan fingerprint density at radius 2 is 1.62 bits per heavy atom. The van der Waals surface area contributed by atoms with E-state index in [1.54, 1.807) is 55.6 Å². The Balaban J connectivity index is 1.41. The standard InChI is InChI=1S/C23H21NO5/c1-28-18-6-4-5-15(13-18)21(25)14-29-17-11-9-16(10-12-17)24-22(26)19-7-2-3-8-20(19)23(24)27/h2-6,9-13,19-20H,7-8,14H2,1H3/t19-,20+. The summed E-state index contributed by atoms with van der Waals surface area (Å²) >= 11 is 0. The van der Waals surface area contributed by atoms with Crippen LogP contribution in [0.1, 0.15) is 23.2 Å². The molecule has 0 aromatic heterocycles. The van der Waals surface area contributed by atoms with Gasteiger partial charge in [0.1, 0.15) is 11.5 Å². The minimum atomic E-state index is -0.260. The summed E-state index contributed by atoms with van der Waals surface area (Å²) in [5, 5.41) is 0. The molecule has 148 valence electrons. The van der Waals surface area contributed by atoms with Gasteiger partial charge in [-0.05, 0) is 49.2 Å². The predicted octanol–water partition coefficient (Wildman–Crippen LogP) is 3.41. The highest BCUT2D eigenvalue weighted by atomic mass is 16.5. The van der Waals surface area contributed by atoms with E-state index in [1.165, 1.54) is 4.90 Å². The zero-order chi connectivity index (χ0) is 20.4. The first-order valence-electron chi connectivity index (χ1n) is 9.51. The molecule has 1 fully saturated rings. The normalized spacial score (nSPS) is 20.5. The van der Waals surface area contributed by atoms with Gasteiger partial charge in [0.25, 0.3) is 0 Å². The number of Topliss-reactive ketones (excluding diaryl/α,β-unsaturated/α-hetero) is 1. The number of fused-ring (bicyclic) bond motifs is 1. The van der Waals surface area contributed by atoms with Crippen LogP contribution >= 0.6 is 0 Å². The molecule has 1 aliphatic carbocycles. The highest BCUT2D eigenvalue weighted by Gasteiger charge is 2.47. The molecule has 6 heteroatoms. The van der Waals surface area contributed by atoms with Gasteiger partial charge in [-0.2, -0.15) is 0 Å². The summed E-state index contributed by atoms with van der Waals surface area (Å²) in [5.74, 6) is 0.110. The van der Waals surface area contributed by atoms with Gasteiger partial charge in [-0.15, -0.1) is 0 Å². The number of methoxy groups -OCH3 is 1. The number of hydrogen-bond acceptors (Lipinski definition) is 5. The van der Waals surface area contributed by atoms with Gasteiger partial charge in [0.2, 0.25) is 11.8 Å². The maximum absolute atomic E-state index is 12.6. The summed E-state index contributed by atoms with van der Waals surface area (Å²) in [6.07, 6.45) is 5.15. The SMILES string of the molecule is COc1cccc(C(=O)COc2ccc(N3C(=O)[C@H]4CC=CC[C@H]4C3=O)cc2)c1. The third kappa shape index (κ3) is 3.66. The van der Waals surface area contributed by atoms with Gasteiger partial charge in [-0.25, -0.2) is 0 Å². The molecule has 0 saturated carbocycles. The van der Waals surface area contributed by atoms with Crippen molar-refractivity contribution in [3.63, 3.8) is 0 Å². The zero-order valence-corrected chi connectivity index (χ0v) is 16.0. The van der Waals surface area contributed by atoms with Crippen LogP contribution in [0, 0.1) is 11.8 Å². The van der Waals surface area contributed by atoms with Gasteiger partial charge in [-0.1, -0.05) is 24.3 Å². The van der Waals surface area contributed by atoms with Crippen LogP contribution in [0.3, 0.4) is 0 Å². The van der Waals surface area contributed by atoms with E-state index < -0.39 is 0 Å². The average molecular weight is 391 g/mol. The van der Waals surface area contributed by atoms with Crippen molar-refractivity contribution < 1.29 is 23.9 Å². The molecule has 0 spiro atoms. The molecule has 1 saturated heterocycles. The van der Waals surface area contributed by atoms with Crippen LogP contribution in [0.2, 0.25) is 0 Å². The number of carbonyl (C=O) groups is 3. The van der Waals surface area contributed by atoms with Crippen molar-refractivity contribution in [1.29, 1.82) is 0 Å². The molecule has 0 radical (unpaired) electrons. The van der Waals surface area contributed by atoms with Gasteiger partial charge >= 0.3 is 0 Å². The first kappa shape index (κ1) is 18.9. The first-order chi connectivity index (χ1) is 14.1. The fourth-order valence-corrected chi connectivity index (χ4v) is 3.77. The third-order valence-corrected chi connectivity index (χ3v) is 5.36. The zero-order valence-electron chi connectivity index (χ0n) is 16.0. The topological polar surface area (TPSA) is 72.9 Å². The van der Waals surface area contributed by atoms with Gasteiger partial charge in [0, 0.05) is 5.56 Å². The highest BCUT2D eigenvalue weighted by molar-refractivity contribution is 6.22. The number of ketones is 1. The second kappa shape index (κ2) is 7.91. The molecule has 2 aromatic rings. The predicted molar refractivity (Wildman–Crippen MR) is 107 cm³/mol. The van der Waals surface area contributed by atoms with E-state index in [9.17, 15) is 14.4 Å². The van der Waals surface area contributed by atoms with Gasteiger partial charge < -0.3 is 9.47 Å². The lowest BCUT2D eigenvalue weighted by atomic mass is 9.85. The average Bonchev–Trinajstić information content (AvgIpc) is 3.03. The molecular formula is C23H21NO5. The van der Waals surface area contributed by atoms with Gasteiger partial charge in [0.05, 0.1) is 24.6 Å². The Kier molecular flexibility index (Phi) is 5.16. The Labute approximate surface area is 168 Å². The molecule has 4 rings (SSSR count). The molecule has 0 unspecified atom stereocenters. The van der Waals surface area contributed by atoms with Crippen LogP contribution in [-0.4, -0.2) is 31.3 Å². The number of amides is 2. The van der Waals surface area contributed by atoms with Crippen molar-refractivity contribution in [1.82, 2.24) is 0 Å². The molecule has 2 aliphatic rings. The van der Waals surface area contributed by atoms with E-state index >= 15 is 0 Å². The Hall–Kier alpha value is -3.41. The van der Waals surface area contributed by atoms with E-state index in [0.29, 0.717) is 35.6 Å². The maximum atomic E-state index is 12.6. The molecular weight excluding hydrogens is 370 g/mol. The van der Waals surface area contributed by atoms with Crippen molar-refractivity contribution in [2.24, 2.45) is 11.8 Å². The summed E-state index contributed by atoms with van der Waals surface area (Å²) in [6.45, 7) is -0.121. The lowest BCUT2D eigenvalue weighted by Gasteiger charge is -2.15. The Morgan fingerprint density at radius 1 is 0.966 bits per heavy atom. The maximum Gasteiger partial charge on any atom is 0.238 e. The number of hydrogen-bond donors (Lipinski definition) is 0. The van der Waals surface area contributed by atoms with E-state index in [1.807, 2.05) is 12.2 Å². The van der Waals surface area contributed by atoms with E-state index in [-0.39, 0.29) is 36.0 Å². The van der Waals surface area contributed by atoms with Crippen LogP contribution in [0.4, 0.5) is 5.69 Å². The fourth-order valence-electron chi connectivity index (χ4n) is 3.77. The van der Waals surface area contributed by atoms with E-state index in [2.05, 4.69) is 0 Å². The lowest BCUT2D eigenvalue weighted by molar-refractivity contribution is -0.122. The van der Waals surface area contributed by atoms with Crippen molar-refractivity contribution in [3.05, 3.63) is 66.2 Å². The number of carbonyl (C=O) groups excluding carboxylic acids is 3. The number of rotatable bonds is 6. The van der Waals surface area contributed by atoms with Crippen LogP contribution in [-0.2, 0) is 9.59 Å². The molecule has 0 N–H and O–H groups in total. The largest absolute Gasteiger partial charge is 0.497 e. The van der Waals surface area contributed by atoms with Crippen LogP contribution in [0.25, 0.3) is 0 Å². The quantitative estimate of drug-likeness (QED) is 0.429. The van der Waals surface area contributed by atoms with Gasteiger partial charge in [0.15, 0.2) is 12.4 Å². The second-order valence-corrected chi connectivity index (χ2v) is 7.11. The number of imide groups is 1. The molecule has 2 aromatic carbocycles. The van der Waals surface area contributed by atoms with Crippen LogP contribution in [0.15, 0.2) is 60.7 Å². The van der Waals surface area contributed by atoms with E-state index in [4.69, 9.17) is 9.47 Å². The summed E-state index contributed by atoms with van der Waals surface area (Å²) < 4.78 is 10.7. The Bertz CT molecular complexity index is 953. The van der Waals surface area contributed by atoms with Crippen molar-refractivity contribution in [2.75, 3.05) is 18.6 Å². The third-order valence-electron chi connectivity index (χ3n) is 5.36. The summed E-state index contributed by atoms with van der Waals surface area (Å²) in [4.78, 5) is 38.9. The molecule has 6 nitrogen and oxygen atoms in total. The molecule has 1 aliphatic heterocycles. The fraction of sp³-hybridized carbons (Fsp3) is 0.261. The van der Waals surface area contributed by atoms with E-state index in [0.717, 1.165) is 0 Å². The number of allylic oxidation sites excluding steroid dienone is 2. The number of ether oxygens (including phenoxy) is 2.